The molecule has 0 aliphatic heterocycles. The number of nitrogens with zero attached hydrogens (tertiary/aromatic N) is 2. The van der Waals surface area contributed by atoms with Gasteiger partial charge in [0, 0.05) is 13.1 Å². The third kappa shape index (κ3) is 4.48. The molecule has 1 aromatic rings. The average molecular weight is 245 g/mol. The van der Waals surface area contributed by atoms with Gasteiger partial charge in [-0.25, -0.2) is 0 Å². The predicted octanol–water partition coefficient (Wildman–Crippen LogP) is 2.21. The smallest absolute Gasteiger partial charge is 0.0839 e. The van der Waals surface area contributed by atoms with E-state index in [-0.39, 0.29) is 11.3 Å². The summed E-state index contributed by atoms with van der Waals surface area (Å²) < 4.78 is 0. The van der Waals surface area contributed by atoms with E-state index < -0.39 is 0 Å². The van der Waals surface area contributed by atoms with Crippen molar-refractivity contribution in [2.24, 2.45) is 11.1 Å². The Morgan fingerprint density at radius 3 is 2.44 bits per heavy atom. The molecule has 0 saturated heterocycles. The van der Waals surface area contributed by atoms with Gasteiger partial charge in [-0.3, -0.25) is 0 Å². The van der Waals surface area contributed by atoms with Crippen LogP contribution >= 0.6 is 0 Å². The molecule has 3 nitrogen and oxygen atoms in total. The lowest BCUT2D eigenvalue weighted by Gasteiger charge is -2.30. The zero-order chi connectivity index (χ0) is 13.6. The summed E-state index contributed by atoms with van der Waals surface area (Å²) in [6.45, 7) is 6.58. The van der Waals surface area contributed by atoms with Crippen LogP contribution in [0.4, 0.5) is 0 Å². The van der Waals surface area contributed by atoms with Gasteiger partial charge < -0.3 is 10.6 Å². The highest BCUT2D eigenvalue weighted by atomic mass is 15.1. The van der Waals surface area contributed by atoms with E-state index in [1.54, 1.807) is 0 Å². The number of rotatable bonds is 6. The number of benzene rings is 1. The SMILES string of the molecule is CN(CC(C#N)c1ccccc1)CC(C)(C)CN. The molecule has 0 fully saturated rings. The van der Waals surface area contributed by atoms with Crippen molar-refractivity contribution in [3.8, 4) is 6.07 Å². The van der Waals surface area contributed by atoms with Crippen molar-refractivity contribution in [3.63, 3.8) is 0 Å². The summed E-state index contributed by atoms with van der Waals surface area (Å²) >= 11 is 0. The second-order valence-electron chi connectivity index (χ2n) is 5.66. The molecule has 1 unspecified atom stereocenters. The Labute approximate surface area is 110 Å². The minimum absolute atomic E-state index is 0.0789. The first-order chi connectivity index (χ1) is 8.48. The summed E-state index contributed by atoms with van der Waals surface area (Å²) in [4.78, 5) is 2.19. The average Bonchev–Trinajstić information content (AvgIpc) is 2.36. The van der Waals surface area contributed by atoms with Gasteiger partial charge in [-0.15, -0.1) is 0 Å². The van der Waals surface area contributed by atoms with E-state index in [0.717, 1.165) is 18.7 Å². The molecule has 18 heavy (non-hydrogen) atoms. The van der Waals surface area contributed by atoms with Gasteiger partial charge in [-0.1, -0.05) is 44.2 Å². The van der Waals surface area contributed by atoms with Crippen LogP contribution in [0.25, 0.3) is 0 Å². The van der Waals surface area contributed by atoms with Crippen LogP contribution in [0.1, 0.15) is 25.3 Å². The second kappa shape index (κ2) is 6.53. The summed E-state index contributed by atoms with van der Waals surface area (Å²) in [6.07, 6.45) is 0. The number of hydrogen-bond acceptors (Lipinski definition) is 3. The Morgan fingerprint density at radius 1 is 1.33 bits per heavy atom. The van der Waals surface area contributed by atoms with Gasteiger partial charge in [-0.2, -0.15) is 5.26 Å². The van der Waals surface area contributed by atoms with Gasteiger partial charge in [-0.05, 0) is 24.6 Å². The summed E-state index contributed by atoms with van der Waals surface area (Å²) in [5.41, 5.74) is 6.91. The van der Waals surface area contributed by atoms with E-state index in [2.05, 4.69) is 24.8 Å². The van der Waals surface area contributed by atoms with Crippen LogP contribution in [0, 0.1) is 16.7 Å². The van der Waals surface area contributed by atoms with Crippen molar-refractivity contribution in [1.29, 1.82) is 5.26 Å². The fourth-order valence-electron chi connectivity index (χ4n) is 2.08. The van der Waals surface area contributed by atoms with Crippen molar-refractivity contribution in [1.82, 2.24) is 4.90 Å². The van der Waals surface area contributed by atoms with Gasteiger partial charge in [0.1, 0.15) is 0 Å². The van der Waals surface area contributed by atoms with E-state index >= 15 is 0 Å². The Morgan fingerprint density at radius 2 is 1.94 bits per heavy atom. The highest BCUT2D eigenvalue weighted by molar-refractivity contribution is 5.25. The van der Waals surface area contributed by atoms with Gasteiger partial charge in [0.25, 0.3) is 0 Å². The maximum Gasteiger partial charge on any atom is 0.0839 e. The van der Waals surface area contributed by atoms with Crippen LogP contribution < -0.4 is 5.73 Å². The van der Waals surface area contributed by atoms with Crippen molar-refractivity contribution in [2.45, 2.75) is 19.8 Å². The molecule has 0 aliphatic carbocycles. The number of hydrogen-bond donors (Lipinski definition) is 1. The third-order valence-electron chi connectivity index (χ3n) is 3.10. The summed E-state index contributed by atoms with van der Waals surface area (Å²) in [6, 6.07) is 12.3. The molecule has 0 amide bonds. The summed E-state index contributed by atoms with van der Waals surface area (Å²) in [7, 11) is 2.05. The highest BCUT2D eigenvalue weighted by Gasteiger charge is 2.20. The summed E-state index contributed by atoms with van der Waals surface area (Å²) in [5.74, 6) is -0.0789. The first kappa shape index (κ1) is 14.7. The first-order valence-electron chi connectivity index (χ1n) is 6.31. The van der Waals surface area contributed by atoms with E-state index in [0.29, 0.717) is 6.54 Å². The molecule has 0 aromatic heterocycles. The van der Waals surface area contributed by atoms with Crippen molar-refractivity contribution in [3.05, 3.63) is 35.9 Å². The largest absolute Gasteiger partial charge is 0.330 e. The Kier molecular flexibility index (Phi) is 5.33. The number of likely N-dealkylation sites (N-methyl/N-ethyl adjacent to an activating group) is 1. The van der Waals surface area contributed by atoms with E-state index in [1.165, 1.54) is 0 Å². The van der Waals surface area contributed by atoms with Crippen molar-refractivity contribution >= 4 is 0 Å². The fourth-order valence-corrected chi connectivity index (χ4v) is 2.08. The minimum Gasteiger partial charge on any atom is -0.330 e. The second-order valence-corrected chi connectivity index (χ2v) is 5.66. The lowest BCUT2D eigenvalue weighted by Crippen LogP contribution is -2.38. The normalized spacial score (nSPS) is 13.3. The first-order valence-corrected chi connectivity index (χ1v) is 6.31. The van der Waals surface area contributed by atoms with Crippen LogP contribution in [0.3, 0.4) is 0 Å². The molecule has 0 spiro atoms. The van der Waals surface area contributed by atoms with Crippen molar-refractivity contribution < 1.29 is 0 Å². The fraction of sp³-hybridized carbons (Fsp3) is 0.533. The Hall–Kier alpha value is -1.37. The van der Waals surface area contributed by atoms with E-state index in [9.17, 15) is 5.26 Å². The number of nitrogens with two attached hydrogens (primary N) is 1. The Balaban J connectivity index is 2.63. The zero-order valence-corrected chi connectivity index (χ0v) is 11.6. The molecule has 98 valence electrons. The van der Waals surface area contributed by atoms with Gasteiger partial charge >= 0.3 is 0 Å². The molecule has 0 saturated carbocycles. The van der Waals surface area contributed by atoms with E-state index in [1.807, 2.05) is 37.4 Å². The zero-order valence-electron chi connectivity index (χ0n) is 11.6. The lowest BCUT2D eigenvalue weighted by molar-refractivity contribution is 0.213. The van der Waals surface area contributed by atoms with Crippen molar-refractivity contribution in [2.75, 3.05) is 26.7 Å². The lowest BCUT2D eigenvalue weighted by atomic mass is 9.92. The maximum atomic E-state index is 9.28. The third-order valence-corrected chi connectivity index (χ3v) is 3.10. The highest BCUT2D eigenvalue weighted by Crippen LogP contribution is 2.19. The molecule has 1 rings (SSSR count). The standard InChI is InChI=1S/C15H23N3/c1-15(2,11-17)12-18(3)10-14(9-16)13-7-5-4-6-8-13/h4-8,14H,10-12,17H2,1-3H3. The number of nitriles is 1. The Bertz CT molecular complexity index is 392. The van der Waals surface area contributed by atoms with Crippen LogP contribution in [0.5, 0.6) is 0 Å². The molecule has 1 atom stereocenters. The molecule has 1 aromatic carbocycles. The molecule has 0 radical (unpaired) electrons. The maximum absolute atomic E-state index is 9.28. The van der Waals surface area contributed by atoms with Crippen LogP contribution in [-0.2, 0) is 0 Å². The predicted molar refractivity (Wildman–Crippen MR) is 75.1 cm³/mol. The topological polar surface area (TPSA) is 53.0 Å². The quantitative estimate of drug-likeness (QED) is 0.836. The van der Waals surface area contributed by atoms with Gasteiger partial charge in [0.15, 0.2) is 0 Å². The molecule has 0 heterocycles. The molecular weight excluding hydrogens is 222 g/mol. The molecule has 0 bridgehead atoms. The van der Waals surface area contributed by atoms with Crippen LogP contribution in [0.15, 0.2) is 30.3 Å². The molecule has 2 N–H and O–H groups in total. The van der Waals surface area contributed by atoms with E-state index in [4.69, 9.17) is 5.73 Å². The van der Waals surface area contributed by atoms with Crippen LogP contribution in [0.2, 0.25) is 0 Å². The monoisotopic (exact) mass is 245 g/mol. The van der Waals surface area contributed by atoms with Gasteiger partial charge in [0.2, 0.25) is 0 Å². The molecule has 0 aliphatic rings. The molecular formula is C15H23N3. The summed E-state index contributed by atoms with van der Waals surface area (Å²) in [5, 5.41) is 9.28. The minimum atomic E-state index is -0.0789. The molecule has 3 heteroatoms. The van der Waals surface area contributed by atoms with Gasteiger partial charge in [0.05, 0.1) is 12.0 Å². The van der Waals surface area contributed by atoms with Crippen LogP contribution in [-0.4, -0.2) is 31.6 Å².